The number of carbonyl (C=O) groups is 1. The van der Waals surface area contributed by atoms with E-state index in [-0.39, 0.29) is 11.7 Å². The number of nitrogens with one attached hydrogen (secondary N) is 1. The number of thioether (sulfide) groups is 1. The van der Waals surface area contributed by atoms with E-state index in [1.807, 2.05) is 10.9 Å². The van der Waals surface area contributed by atoms with Crippen LogP contribution in [0.4, 0.5) is 5.82 Å². The first-order valence-corrected chi connectivity index (χ1v) is 10.5. The molecular formula is C18H23N7O2S. The van der Waals surface area contributed by atoms with Gasteiger partial charge in [-0.25, -0.2) is 14.6 Å². The summed E-state index contributed by atoms with van der Waals surface area (Å²) in [5.74, 6) is 1.78. The normalized spacial score (nSPS) is 14.5. The van der Waals surface area contributed by atoms with Gasteiger partial charge in [0.2, 0.25) is 5.76 Å². The van der Waals surface area contributed by atoms with Gasteiger partial charge < -0.3 is 14.7 Å². The summed E-state index contributed by atoms with van der Waals surface area (Å²) in [6.45, 7) is 5.04. The van der Waals surface area contributed by atoms with E-state index in [9.17, 15) is 4.79 Å². The van der Waals surface area contributed by atoms with Gasteiger partial charge in [-0.15, -0.1) is 0 Å². The molecule has 0 spiro atoms. The van der Waals surface area contributed by atoms with Crippen molar-refractivity contribution in [3.8, 4) is 0 Å². The lowest BCUT2D eigenvalue weighted by molar-refractivity contribution is 0.0915. The first-order valence-electron chi connectivity index (χ1n) is 9.56. The van der Waals surface area contributed by atoms with Gasteiger partial charge in [0.1, 0.15) is 5.82 Å². The van der Waals surface area contributed by atoms with E-state index >= 15 is 0 Å². The van der Waals surface area contributed by atoms with Crippen molar-refractivity contribution in [1.29, 1.82) is 0 Å². The summed E-state index contributed by atoms with van der Waals surface area (Å²) in [6.07, 6.45) is 6.92. The van der Waals surface area contributed by atoms with Crippen LogP contribution in [-0.4, -0.2) is 56.2 Å². The number of aromatic nitrogens is 5. The topological polar surface area (TPSA) is 102 Å². The quantitative estimate of drug-likeness (QED) is 0.475. The molecule has 10 heteroatoms. The molecule has 0 atom stereocenters. The van der Waals surface area contributed by atoms with Crippen molar-refractivity contribution in [2.45, 2.75) is 37.9 Å². The van der Waals surface area contributed by atoms with Crippen molar-refractivity contribution in [3.63, 3.8) is 0 Å². The summed E-state index contributed by atoms with van der Waals surface area (Å²) in [6, 6.07) is 1.53. The molecule has 9 nitrogen and oxygen atoms in total. The van der Waals surface area contributed by atoms with Crippen molar-refractivity contribution in [2.75, 3.05) is 30.3 Å². The Morgan fingerprint density at radius 1 is 1.29 bits per heavy atom. The molecule has 28 heavy (non-hydrogen) atoms. The largest absolute Gasteiger partial charge is 0.356 e. The minimum Gasteiger partial charge on any atom is -0.356 e. The van der Waals surface area contributed by atoms with Crippen molar-refractivity contribution >= 4 is 34.5 Å². The number of carbonyl (C=O) groups excluding carboxylic acids is 1. The number of nitrogens with zero attached hydrogens (tertiary/aromatic N) is 6. The van der Waals surface area contributed by atoms with Crippen LogP contribution in [0.3, 0.4) is 0 Å². The van der Waals surface area contributed by atoms with E-state index in [1.54, 1.807) is 11.8 Å². The fourth-order valence-corrected chi connectivity index (χ4v) is 3.88. The van der Waals surface area contributed by atoms with Crippen LogP contribution in [-0.2, 0) is 6.54 Å². The summed E-state index contributed by atoms with van der Waals surface area (Å²) in [7, 11) is 0. The van der Waals surface area contributed by atoms with Crippen LogP contribution in [0.25, 0.3) is 11.0 Å². The van der Waals surface area contributed by atoms with E-state index in [4.69, 9.17) is 14.5 Å². The monoisotopic (exact) mass is 401 g/mol. The Morgan fingerprint density at radius 2 is 2.14 bits per heavy atom. The predicted molar refractivity (Wildman–Crippen MR) is 107 cm³/mol. The van der Waals surface area contributed by atoms with Gasteiger partial charge in [-0.3, -0.25) is 4.79 Å². The van der Waals surface area contributed by atoms with Crippen LogP contribution in [0.1, 0.15) is 36.7 Å². The molecule has 3 aromatic heterocycles. The molecule has 1 N–H and O–H groups in total. The summed E-state index contributed by atoms with van der Waals surface area (Å²) in [5.41, 5.74) is 0.806. The minimum atomic E-state index is -0.292. The zero-order valence-electron chi connectivity index (χ0n) is 15.8. The highest BCUT2D eigenvalue weighted by Crippen LogP contribution is 2.29. The number of fused-ring (bicyclic) bond motifs is 1. The summed E-state index contributed by atoms with van der Waals surface area (Å²) in [4.78, 5) is 23.8. The van der Waals surface area contributed by atoms with Crippen molar-refractivity contribution in [3.05, 3.63) is 24.2 Å². The lowest BCUT2D eigenvalue weighted by atomic mass is 10.1. The number of piperidine rings is 1. The number of hydrogen-bond donors (Lipinski definition) is 1. The third-order valence-corrected chi connectivity index (χ3v) is 5.38. The average molecular weight is 401 g/mol. The zero-order valence-corrected chi connectivity index (χ0v) is 16.6. The van der Waals surface area contributed by atoms with E-state index in [2.05, 4.69) is 27.4 Å². The molecule has 4 rings (SSSR count). The standard InChI is InChI=1S/C18H23N7O2S/c1-2-28-18-22-15(24-9-4-3-5-10-24)13-12-20-25(16(13)23-18)11-8-19-17(26)14-6-7-21-27-14/h6-7,12H,2-5,8-11H2,1H3,(H,19,26). The Balaban J connectivity index is 1.55. The average Bonchev–Trinajstić information content (AvgIpc) is 3.39. The highest BCUT2D eigenvalue weighted by atomic mass is 32.2. The fraction of sp³-hybridized carbons (Fsp3) is 0.500. The van der Waals surface area contributed by atoms with Crippen molar-refractivity contribution in [1.82, 2.24) is 30.2 Å². The molecule has 3 aromatic rings. The number of anilines is 1. The minimum absolute atomic E-state index is 0.196. The first-order chi connectivity index (χ1) is 13.8. The molecule has 0 aliphatic carbocycles. The number of rotatable bonds is 7. The molecule has 4 heterocycles. The molecule has 0 unspecified atom stereocenters. The lowest BCUT2D eigenvalue weighted by Crippen LogP contribution is -2.30. The van der Waals surface area contributed by atoms with E-state index in [0.29, 0.717) is 13.1 Å². The van der Waals surface area contributed by atoms with Gasteiger partial charge in [0.05, 0.1) is 24.3 Å². The Hall–Kier alpha value is -2.62. The summed E-state index contributed by atoms with van der Waals surface area (Å²) < 4.78 is 6.69. The smallest absolute Gasteiger partial charge is 0.289 e. The van der Waals surface area contributed by atoms with E-state index in [0.717, 1.165) is 40.9 Å². The van der Waals surface area contributed by atoms with Crippen LogP contribution in [0.5, 0.6) is 0 Å². The molecule has 1 aliphatic rings. The highest BCUT2D eigenvalue weighted by Gasteiger charge is 2.20. The highest BCUT2D eigenvalue weighted by molar-refractivity contribution is 7.99. The Labute approximate surface area is 166 Å². The third-order valence-electron chi connectivity index (χ3n) is 4.66. The Kier molecular flexibility index (Phi) is 5.75. The maximum atomic E-state index is 12.0. The molecule has 0 radical (unpaired) electrons. The van der Waals surface area contributed by atoms with Gasteiger partial charge in [-0.2, -0.15) is 5.10 Å². The summed E-state index contributed by atoms with van der Waals surface area (Å²) >= 11 is 1.63. The van der Waals surface area contributed by atoms with E-state index < -0.39 is 0 Å². The molecule has 1 fully saturated rings. The maximum absolute atomic E-state index is 12.0. The first kappa shape index (κ1) is 18.7. The second-order valence-electron chi connectivity index (χ2n) is 6.55. The van der Waals surface area contributed by atoms with E-state index in [1.165, 1.54) is 31.5 Å². The van der Waals surface area contributed by atoms with Crippen LogP contribution in [0.15, 0.2) is 28.1 Å². The van der Waals surface area contributed by atoms with Crippen molar-refractivity contribution < 1.29 is 9.32 Å². The Morgan fingerprint density at radius 3 is 2.89 bits per heavy atom. The predicted octanol–water partition coefficient (Wildman–Crippen LogP) is 2.35. The van der Waals surface area contributed by atoms with Crippen LogP contribution >= 0.6 is 11.8 Å². The zero-order chi connectivity index (χ0) is 19.3. The summed E-state index contributed by atoms with van der Waals surface area (Å²) in [5, 5.41) is 12.6. The molecule has 1 saturated heterocycles. The second kappa shape index (κ2) is 8.59. The van der Waals surface area contributed by atoms with Gasteiger partial charge in [0.25, 0.3) is 5.91 Å². The second-order valence-corrected chi connectivity index (χ2v) is 7.78. The molecule has 1 aliphatic heterocycles. The number of amides is 1. The van der Waals surface area contributed by atoms with Crippen LogP contribution in [0, 0.1) is 0 Å². The molecular weight excluding hydrogens is 378 g/mol. The van der Waals surface area contributed by atoms with Gasteiger partial charge in [0, 0.05) is 25.7 Å². The van der Waals surface area contributed by atoms with Gasteiger partial charge in [0.15, 0.2) is 10.8 Å². The maximum Gasteiger partial charge on any atom is 0.289 e. The van der Waals surface area contributed by atoms with Gasteiger partial charge in [-0.05, 0) is 25.0 Å². The third kappa shape index (κ3) is 3.96. The molecule has 0 aromatic carbocycles. The molecule has 1 amide bonds. The molecule has 0 bridgehead atoms. The van der Waals surface area contributed by atoms with Gasteiger partial charge in [-0.1, -0.05) is 23.8 Å². The molecule has 148 valence electrons. The van der Waals surface area contributed by atoms with Crippen LogP contribution in [0.2, 0.25) is 0 Å². The lowest BCUT2D eigenvalue weighted by Gasteiger charge is -2.28. The SMILES string of the molecule is CCSc1nc(N2CCCCC2)c2cnn(CCNC(=O)c3ccno3)c2n1. The Bertz CT molecular complexity index is 935. The fourth-order valence-electron chi connectivity index (χ4n) is 3.32. The van der Waals surface area contributed by atoms with Crippen molar-refractivity contribution in [2.24, 2.45) is 0 Å². The van der Waals surface area contributed by atoms with Crippen LogP contribution < -0.4 is 10.2 Å². The molecule has 0 saturated carbocycles. The van der Waals surface area contributed by atoms with Gasteiger partial charge >= 0.3 is 0 Å². The number of hydrogen-bond acceptors (Lipinski definition) is 8.